The molecular formula is C16H14BrFN2O. The van der Waals surface area contributed by atoms with E-state index in [9.17, 15) is 9.50 Å². The van der Waals surface area contributed by atoms with E-state index in [4.69, 9.17) is 0 Å². The lowest BCUT2D eigenvalue weighted by atomic mass is 10.2. The highest BCUT2D eigenvalue weighted by Gasteiger charge is 2.16. The van der Waals surface area contributed by atoms with Gasteiger partial charge in [0.25, 0.3) is 0 Å². The number of aromatic nitrogens is 2. The van der Waals surface area contributed by atoms with Crippen LogP contribution in [0, 0.1) is 5.82 Å². The Morgan fingerprint density at radius 2 is 1.95 bits per heavy atom. The standard InChI is InChI=1S/C16H14BrFN2O/c1-9(2)20-14-8-11(18)4-6-13(14)19-16(20)10-3-5-12(17)15(21)7-10/h3-9,21H,1-2H3. The van der Waals surface area contributed by atoms with Gasteiger partial charge in [-0.15, -0.1) is 0 Å². The van der Waals surface area contributed by atoms with E-state index in [-0.39, 0.29) is 17.6 Å². The second kappa shape index (κ2) is 5.15. The van der Waals surface area contributed by atoms with Gasteiger partial charge in [-0.05, 0) is 66.2 Å². The number of halogens is 2. The van der Waals surface area contributed by atoms with Gasteiger partial charge in [0.05, 0.1) is 15.5 Å². The number of phenols is 1. The van der Waals surface area contributed by atoms with E-state index in [2.05, 4.69) is 20.9 Å². The van der Waals surface area contributed by atoms with Crippen LogP contribution in [-0.4, -0.2) is 14.7 Å². The fourth-order valence-corrected chi connectivity index (χ4v) is 2.69. The van der Waals surface area contributed by atoms with E-state index in [1.54, 1.807) is 18.2 Å². The third kappa shape index (κ3) is 2.42. The van der Waals surface area contributed by atoms with Gasteiger partial charge in [0, 0.05) is 11.6 Å². The summed E-state index contributed by atoms with van der Waals surface area (Å²) in [7, 11) is 0. The van der Waals surface area contributed by atoms with Crippen LogP contribution in [-0.2, 0) is 0 Å². The molecule has 0 unspecified atom stereocenters. The zero-order chi connectivity index (χ0) is 15.1. The first-order valence-corrected chi connectivity index (χ1v) is 7.43. The number of phenolic OH excluding ortho intramolecular Hbond substituents is 1. The van der Waals surface area contributed by atoms with Gasteiger partial charge in [-0.2, -0.15) is 0 Å². The minimum atomic E-state index is -0.283. The minimum Gasteiger partial charge on any atom is -0.507 e. The largest absolute Gasteiger partial charge is 0.507 e. The SMILES string of the molecule is CC(C)n1c(-c2ccc(Br)c(O)c2)nc2ccc(F)cc21. The van der Waals surface area contributed by atoms with Gasteiger partial charge >= 0.3 is 0 Å². The first-order chi connectivity index (χ1) is 9.97. The van der Waals surface area contributed by atoms with Crippen molar-refractivity contribution >= 4 is 27.0 Å². The Balaban J connectivity index is 2.30. The van der Waals surface area contributed by atoms with Crippen LogP contribution in [0.5, 0.6) is 5.75 Å². The molecule has 0 saturated heterocycles. The average Bonchev–Trinajstić information content (AvgIpc) is 2.80. The summed E-state index contributed by atoms with van der Waals surface area (Å²) in [6.45, 7) is 4.04. The molecule has 0 aliphatic heterocycles. The zero-order valence-electron chi connectivity index (χ0n) is 11.6. The molecule has 0 atom stereocenters. The van der Waals surface area contributed by atoms with Gasteiger partial charge < -0.3 is 9.67 Å². The summed E-state index contributed by atoms with van der Waals surface area (Å²) in [5, 5.41) is 9.87. The Hall–Kier alpha value is -1.88. The van der Waals surface area contributed by atoms with Crippen LogP contribution < -0.4 is 0 Å². The summed E-state index contributed by atoms with van der Waals surface area (Å²) in [6.07, 6.45) is 0. The van der Waals surface area contributed by atoms with E-state index in [1.807, 2.05) is 24.5 Å². The molecule has 3 nitrogen and oxygen atoms in total. The lowest BCUT2D eigenvalue weighted by Gasteiger charge is -2.13. The number of imidazole rings is 1. The fraction of sp³-hybridized carbons (Fsp3) is 0.188. The second-order valence-corrected chi connectivity index (χ2v) is 6.05. The van der Waals surface area contributed by atoms with Gasteiger partial charge in [0.2, 0.25) is 0 Å². The second-order valence-electron chi connectivity index (χ2n) is 5.20. The quantitative estimate of drug-likeness (QED) is 0.715. The molecule has 0 aliphatic carbocycles. The monoisotopic (exact) mass is 348 g/mol. The maximum atomic E-state index is 13.5. The highest BCUT2D eigenvalue weighted by Crippen LogP contribution is 2.33. The third-order valence-electron chi connectivity index (χ3n) is 3.37. The summed E-state index contributed by atoms with van der Waals surface area (Å²) in [6, 6.07) is 9.99. The molecule has 0 saturated carbocycles. The maximum Gasteiger partial charge on any atom is 0.141 e. The lowest BCUT2D eigenvalue weighted by Crippen LogP contribution is -2.03. The number of aromatic hydroxyl groups is 1. The van der Waals surface area contributed by atoms with E-state index >= 15 is 0 Å². The molecule has 1 heterocycles. The van der Waals surface area contributed by atoms with Crippen LogP contribution in [0.25, 0.3) is 22.4 Å². The van der Waals surface area contributed by atoms with Gasteiger partial charge in [0.1, 0.15) is 17.4 Å². The normalized spacial score (nSPS) is 11.5. The van der Waals surface area contributed by atoms with Crippen molar-refractivity contribution in [1.82, 2.24) is 9.55 Å². The molecule has 2 aromatic carbocycles. The highest BCUT2D eigenvalue weighted by molar-refractivity contribution is 9.10. The van der Waals surface area contributed by atoms with E-state index in [0.29, 0.717) is 10.3 Å². The molecule has 3 rings (SSSR count). The molecule has 0 aliphatic rings. The Morgan fingerprint density at radius 3 is 2.62 bits per heavy atom. The van der Waals surface area contributed by atoms with Crippen LogP contribution in [0.4, 0.5) is 4.39 Å². The number of hydrogen-bond acceptors (Lipinski definition) is 2. The van der Waals surface area contributed by atoms with Crippen LogP contribution in [0.1, 0.15) is 19.9 Å². The van der Waals surface area contributed by atoms with Crippen molar-refractivity contribution in [2.75, 3.05) is 0 Å². The van der Waals surface area contributed by atoms with Crippen molar-refractivity contribution in [2.45, 2.75) is 19.9 Å². The highest BCUT2D eigenvalue weighted by atomic mass is 79.9. The van der Waals surface area contributed by atoms with Crippen LogP contribution in [0.2, 0.25) is 0 Å². The van der Waals surface area contributed by atoms with Crippen LogP contribution in [0.15, 0.2) is 40.9 Å². The van der Waals surface area contributed by atoms with Crippen LogP contribution in [0.3, 0.4) is 0 Å². The predicted octanol–water partition coefficient (Wildman–Crippen LogP) is 4.89. The van der Waals surface area contributed by atoms with Gasteiger partial charge in [-0.3, -0.25) is 0 Å². The van der Waals surface area contributed by atoms with Crippen molar-refractivity contribution in [3.63, 3.8) is 0 Å². The van der Waals surface area contributed by atoms with Crippen molar-refractivity contribution in [2.24, 2.45) is 0 Å². The predicted molar refractivity (Wildman–Crippen MR) is 84.9 cm³/mol. The number of nitrogens with zero attached hydrogens (tertiary/aromatic N) is 2. The minimum absolute atomic E-state index is 0.123. The number of rotatable bonds is 2. The van der Waals surface area contributed by atoms with Crippen molar-refractivity contribution in [3.8, 4) is 17.1 Å². The maximum absolute atomic E-state index is 13.5. The molecule has 3 aromatic rings. The molecule has 0 radical (unpaired) electrons. The number of hydrogen-bond donors (Lipinski definition) is 1. The van der Waals surface area contributed by atoms with Crippen molar-refractivity contribution < 1.29 is 9.50 Å². The van der Waals surface area contributed by atoms with E-state index in [1.165, 1.54) is 12.1 Å². The Labute approximate surface area is 130 Å². The molecule has 21 heavy (non-hydrogen) atoms. The molecule has 108 valence electrons. The fourth-order valence-electron chi connectivity index (χ4n) is 2.44. The van der Waals surface area contributed by atoms with E-state index < -0.39 is 0 Å². The van der Waals surface area contributed by atoms with Crippen LogP contribution >= 0.6 is 15.9 Å². The third-order valence-corrected chi connectivity index (χ3v) is 4.04. The van der Waals surface area contributed by atoms with Gasteiger partial charge in [-0.25, -0.2) is 9.37 Å². The molecule has 0 bridgehead atoms. The lowest BCUT2D eigenvalue weighted by molar-refractivity contribution is 0.472. The Bertz CT molecular complexity index is 827. The topological polar surface area (TPSA) is 38.0 Å². The first kappa shape index (κ1) is 14.1. The summed E-state index contributed by atoms with van der Waals surface area (Å²) >= 11 is 3.27. The summed E-state index contributed by atoms with van der Waals surface area (Å²) in [4.78, 5) is 4.59. The summed E-state index contributed by atoms with van der Waals surface area (Å²) in [5.41, 5.74) is 2.28. The van der Waals surface area contributed by atoms with Gasteiger partial charge in [0.15, 0.2) is 0 Å². The average molecular weight is 349 g/mol. The Kier molecular flexibility index (Phi) is 3.45. The molecule has 5 heteroatoms. The molecule has 0 fully saturated rings. The summed E-state index contributed by atoms with van der Waals surface area (Å²) < 4.78 is 16.1. The summed E-state index contributed by atoms with van der Waals surface area (Å²) in [5.74, 6) is 0.587. The molecule has 1 aromatic heterocycles. The van der Waals surface area contributed by atoms with Crippen molar-refractivity contribution in [3.05, 3.63) is 46.7 Å². The first-order valence-electron chi connectivity index (χ1n) is 6.63. The molecule has 0 amide bonds. The molecule has 0 spiro atoms. The molecular weight excluding hydrogens is 335 g/mol. The Morgan fingerprint density at radius 1 is 1.19 bits per heavy atom. The number of benzene rings is 2. The smallest absolute Gasteiger partial charge is 0.141 e. The zero-order valence-corrected chi connectivity index (χ0v) is 13.2. The number of fused-ring (bicyclic) bond motifs is 1. The van der Waals surface area contributed by atoms with Gasteiger partial charge in [-0.1, -0.05) is 0 Å². The van der Waals surface area contributed by atoms with Crippen molar-refractivity contribution in [1.29, 1.82) is 0 Å². The molecule has 1 N–H and O–H groups in total. The van der Waals surface area contributed by atoms with E-state index in [0.717, 1.165) is 16.6 Å².